The molecule has 0 saturated heterocycles. The number of sulfone groups is 1. The van der Waals surface area contributed by atoms with Crippen molar-refractivity contribution in [3.63, 3.8) is 0 Å². The highest BCUT2D eigenvalue weighted by atomic mass is 32.2. The summed E-state index contributed by atoms with van der Waals surface area (Å²) in [6.07, 6.45) is 2.88. The molecule has 1 aromatic carbocycles. The van der Waals surface area contributed by atoms with Gasteiger partial charge < -0.3 is 0 Å². The van der Waals surface area contributed by atoms with Crippen molar-refractivity contribution < 1.29 is 18.4 Å². The minimum atomic E-state index is -3.48. The summed E-state index contributed by atoms with van der Waals surface area (Å²) in [5, 5.41) is 10.8. The topological polar surface area (TPSA) is 87.6 Å². The van der Waals surface area contributed by atoms with Crippen LogP contribution in [0.15, 0.2) is 36.5 Å². The first-order valence-electron chi connectivity index (χ1n) is 7.42. The van der Waals surface area contributed by atoms with E-state index in [1.54, 1.807) is 12.3 Å². The maximum Gasteiger partial charge on any atom is 0.233 e. The van der Waals surface area contributed by atoms with E-state index in [4.69, 9.17) is 0 Å². The lowest BCUT2D eigenvalue weighted by Gasteiger charge is -2.21. The van der Waals surface area contributed by atoms with Crippen LogP contribution in [-0.4, -0.2) is 41.9 Å². The second-order valence-corrected chi connectivity index (χ2v) is 7.63. The molecule has 0 fully saturated rings. The molecule has 0 aliphatic heterocycles. The number of aromatic nitrogens is 1. The zero-order valence-electron chi connectivity index (χ0n) is 12.9. The minimum absolute atomic E-state index is 0.169. The molecule has 0 spiro atoms. The standard InChI is InChI=1S/C16H20N2O4S/c1-2-5-15(18(20)12-19)11-23(21,22)10-13-8-14-6-3-4-7-16(14)17-9-13/h3-4,6-9,12,15,20H,2,5,10-11H2,1H3/t15-/m0/s1. The van der Waals surface area contributed by atoms with Gasteiger partial charge in [0, 0.05) is 11.6 Å². The van der Waals surface area contributed by atoms with Gasteiger partial charge in [0.2, 0.25) is 6.41 Å². The number of fused-ring (bicyclic) bond motifs is 1. The maximum absolute atomic E-state index is 12.4. The highest BCUT2D eigenvalue weighted by Gasteiger charge is 2.23. The van der Waals surface area contributed by atoms with Gasteiger partial charge in [-0.3, -0.25) is 15.0 Å². The second-order valence-electron chi connectivity index (χ2n) is 5.52. The molecule has 0 aliphatic rings. The minimum Gasteiger partial charge on any atom is -0.286 e. The van der Waals surface area contributed by atoms with E-state index in [0.29, 0.717) is 23.5 Å². The summed E-state index contributed by atoms with van der Waals surface area (Å²) < 4.78 is 24.7. The molecular formula is C16H20N2O4S. The molecule has 0 bridgehead atoms. The van der Waals surface area contributed by atoms with Gasteiger partial charge in [-0.05, 0) is 24.1 Å². The normalized spacial score (nSPS) is 13.0. The average molecular weight is 336 g/mol. The summed E-state index contributed by atoms with van der Waals surface area (Å²) in [4.78, 5) is 14.9. The van der Waals surface area contributed by atoms with Crippen LogP contribution in [0.4, 0.5) is 0 Å². The van der Waals surface area contributed by atoms with E-state index in [2.05, 4.69) is 4.98 Å². The van der Waals surface area contributed by atoms with Crippen molar-refractivity contribution in [2.24, 2.45) is 0 Å². The lowest BCUT2D eigenvalue weighted by atomic mass is 10.2. The van der Waals surface area contributed by atoms with Crippen LogP contribution in [0.5, 0.6) is 0 Å². The fourth-order valence-corrected chi connectivity index (χ4v) is 4.20. The Kier molecular flexibility index (Phi) is 5.68. The van der Waals surface area contributed by atoms with Crippen LogP contribution in [0.25, 0.3) is 10.9 Å². The lowest BCUT2D eigenvalue weighted by Crippen LogP contribution is -2.37. The molecule has 124 valence electrons. The molecule has 1 atom stereocenters. The quantitative estimate of drug-likeness (QED) is 0.453. The van der Waals surface area contributed by atoms with Gasteiger partial charge in [-0.2, -0.15) is 0 Å². The molecule has 6 nitrogen and oxygen atoms in total. The van der Waals surface area contributed by atoms with E-state index in [9.17, 15) is 18.4 Å². The third-order valence-corrected chi connectivity index (χ3v) is 5.25. The summed E-state index contributed by atoms with van der Waals surface area (Å²) in [6.45, 7) is 1.87. The number of carbonyl (C=O) groups is 1. The molecule has 0 aliphatic carbocycles. The predicted molar refractivity (Wildman–Crippen MR) is 87.6 cm³/mol. The van der Waals surface area contributed by atoms with Crippen LogP contribution >= 0.6 is 0 Å². The Hall–Kier alpha value is -1.99. The molecule has 0 saturated carbocycles. The number of para-hydroxylation sites is 1. The van der Waals surface area contributed by atoms with Crippen molar-refractivity contribution in [2.45, 2.75) is 31.6 Å². The summed E-state index contributed by atoms with van der Waals surface area (Å²) in [6, 6.07) is 8.55. The maximum atomic E-state index is 12.4. The van der Waals surface area contributed by atoms with Crippen LogP contribution in [0.1, 0.15) is 25.3 Å². The van der Waals surface area contributed by atoms with Gasteiger partial charge in [0.25, 0.3) is 0 Å². The molecule has 1 heterocycles. The molecule has 7 heteroatoms. The third-order valence-electron chi connectivity index (χ3n) is 3.58. The molecule has 2 aromatic rings. The number of nitrogens with zero attached hydrogens (tertiary/aromatic N) is 2. The van der Waals surface area contributed by atoms with Gasteiger partial charge in [-0.1, -0.05) is 31.5 Å². The molecule has 0 unspecified atom stereocenters. The van der Waals surface area contributed by atoms with E-state index in [1.807, 2.05) is 31.2 Å². The van der Waals surface area contributed by atoms with Gasteiger partial charge >= 0.3 is 0 Å². The van der Waals surface area contributed by atoms with Gasteiger partial charge in [-0.15, -0.1) is 0 Å². The predicted octanol–water partition coefficient (Wildman–Crippen LogP) is 2.17. The van der Waals surface area contributed by atoms with Gasteiger partial charge in [-0.25, -0.2) is 13.5 Å². The number of amides is 1. The van der Waals surface area contributed by atoms with Crippen molar-refractivity contribution >= 4 is 27.2 Å². The van der Waals surface area contributed by atoms with E-state index < -0.39 is 15.9 Å². The van der Waals surface area contributed by atoms with Crippen LogP contribution in [0, 0.1) is 0 Å². The molecule has 0 radical (unpaired) electrons. The van der Waals surface area contributed by atoms with Crippen molar-refractivity contribution in [3.8, 4) is 0 Å². The largest absolute Gasteiger partial charge is 0.286 e. The van der Waals surface area contributed by atoms with Crippen LogP contribution in [-0.2, 0) is 20.4 Å². The monoisotopic (exact) mass is 336 g/mol. The van der Waals surface area contributed by atoms with E-state index in [0.717, 1.165) is 10.9 Å². The van der Waals surface area contributed by atoms with E-state index in [-0.39, 0.29) is 17.9 Å². The summed E-state index contributed by atoms with van der Waals surface area (Å²) >= 11 is 0. The van der Waals surface area contributed by atoms with Gasteiger partial charge in [0.15, 0.2) is 9.84 Å². The zero-order valence-corrected chi connectivity index (χ0v) is 13.7. The molecule has 1 aromatic heterocycles. The van der Waals surface area contributed by atoms with Crippen molar-refractivity contribution in [1.82, 2.24) is 10.0 Å². The average Bonchev–Trinajstić information content (AvgIpc) is 2.53. The Bertz CT molecular complexity index is 776. The Balaban J connectivity index is 2.16. The zero-order chi connectivity index (χ0) is 16.9. The lowest BCUT2D eigenvalue weighted by molar-refractivity contribution is -0.158. The highest BCUT2D eigenvalue weighted by molar-refractivity contribution is 7.90. The number of hydroxylamine groups is 2. The SMILES string of the molecule is CCC[C@@H](CS(=O)(=O)Cc1cnc2ccccc2c1)N(O)C=O. The molecular weight excluding hydrogens is 316 g/mol. The first-order valence-corrected chi connectivity index (χ1v) is 9.24. The number of rotatable bonds is 8. The third kappa shape index (κ3) is 4.74. The second kappa shape index (κ2) is 7.52. The van der Waals surface area contributed by atoms with Crippen LogP contribution in [0.3, 0.4) is 0 Å². The highest BCUT2D eigenvalue weighted by Crippen LogP contribution is 2.16. The van der Waals surface area contributed by atoms with E-state index >= 15 is 0 Å². The van der Waals surface area contributed by atoms with Crippen LogP contribution in [0.2, 0.25) is 0 Å². The van der Waals surface area contributed by atoms with Crippen molar-refractivity contribution in [2.75, 3.05) is 5.75 Å². The number of pyridine rings is 1. The van der Waals surface area contributed by atoms with Crippen molar-refractivity contribution in [1.29, 1.82) is 0 Å². The molecule has 1 amide bonds. The smallest absolute Gasteiger partial charge is 0.233 e. The first-order chi connectivity index (χ1) is 10.9. The van der Waals surface area contributed by atoms with E-state index in [1.165, 1.54) is 0 Å². The summed E-state index contributed by atoms with van der Waals surface area (Å²) in [5.74, 6) is -0.444. The first kappa shape index (κ1) is 17.4. The van der Waals surface area contributed by atoms with Crippen molar-refractivity contribution in [3.05, 3.63) is 42.1 Å². The number of hydrogen-bond donors (Lipinski definition) is 1. The Morgan fingerprint density at radius 3 is 2.78 bits per heavy atom. The fraction of sp³-hybridized carbons (Fsp3) is 0.375. The Labute approximate surface area is 135 Å². The molecule has 1 N–H and O–H groups in total. The number of carbonyl (C=O) groups excluding carboxylic acids is 1. The molecule has 2 rings (SSSR count). The van der Waals surface area contributed by atoms with Gasteiger partial charge in [0.1, 0.15) is 0 Å². The number of hydrogen-bond acceptors (Lipinski definition) is 5. The number of benzene rings is 1. The van der Waals surface area contributed by atoms with Crippen LogP contribution < -0.4 is 0 Å². The Morgan fingerprint density at radius 2 is 2.09 bits per heavy atom. The fourth-order valence-electron chi connectivity index (χ4n) is 2.51. The summed E-state index contributed by atoms with van der Waals surface area (Å²) in [7, 11) is -3.48. The summed E-state index contributed by atoms with van der Waals surface area (Å²) in [5.41, 5.74) is 1.40. The Morgan fingerprint density at radius 1 is 1.35 bits per heavy atom. The molecule has 23 heavy (non-hydrogen) atoms. The van der Waals surface area contributed by atoms with Gasteiger partial charge in [0.05, 0.1) is 23.1 Å².